The van der Waals surface area contributed by atoms with Gasteiger partial charge in [0.05, 0.1) is 24.4 Å². The summed E-state index contributed by atoms with van der Waals surface area (Å²) >= 11 is 0. The molecule has 1 fully saturated rings. The van der Waals surface area contributed by atoms with Gasteiger partial charge < -0.3 is 15.0 Å². The number of H-pyrrole nitrogens is 1. The van der Waals surface area contributed by atoms with Crippen LogP contribution < -0.4 is 10.1 Å². The van der Waals surface area contributed by atoms with Gasteiger partial charge in [-0.3, -0.25) is 19.7 Å². The molecular formula is C23H25N5O3. The van der Waals surface area contributed by atoms with E-state index < -0.39 is 0 Å². The number of nitrogens with zero attached hydrogens (tertiary/aromatic N) is 3. The molecule has 1 aliphatic heterocycles. The number of hydrogen-bond acceptors (Lipinski definition) is 5. The van der Waals surface area contributed by atoms with Crippen LogP contribution in [0.3, 0.4) is 0 Å². The Balaban J connectivity index is 1.44. The number of likely N-dealkylation sites (tertiary alicyclic amines) is 1. The zero-order chi connectivity index (χ0) is 21.8. The molecule has 1 atom stereocenters. The number of aromatic amines is 1. The molecule has 4 rings (SSSR count). The summed E-state index contributed by atoms with van der Waals surface area (Å²) in [7, 11) is 1.58. The summed E-state index contributed by atoms with van der Waals surface area (Å²) in [6.45, 7) is 2.93. The van der Waals surface area contributed by atoms with Gasteiger partial charge in [0.25, 0.3) is 5.91 Å². The number of hydrogen-bond donors (Lipinski definition) is 2. The summed E-state index contributed by atoms with van der Waals surface area (Å²) in [6.07, 6.45) is 4.86. The number of rotatable bonds is 5. The van der Waals surface area contributed by atoms with Crippen molar-refractivity contribution in [3.63, 3.8) is 0 Å². The second-order valence-corrected chi connectivity index (χ2v) is 7.69. The number of anilines is 1. The van der Waals surface area contributed by atoms with Gasteiger partial charge in [-0.15, -0.1) is 0 Å². The Morgan fingerprint density at radius 1 is 1.19 bits per heavy atom. The van der Waals surface area contributed by atoms with Gasteiger partial charge in [-0.05, 0) is 55.7 Å². The summed E-state index contributed by atoms with van der Waals surface area (Å²) in [5.41, 5.74) is 3.65. The molecule has 0 radical (unpaired) electrons. The second-order valence-electron chi connectivity index (χ2n) is 7.69. The van der Waals surface area contributed by atoms with Crippen LogP contribution in [0.1, 0.15) is 28.9 Å². The average molecular weight is 419 g/mol. The predicted molar refractivity (Wildman–Crippen MR) is 117 cm³/mol. The van der Waals surface area contributed by atoms with E-state index in [-0.39, 0.29) is 17.7 Å². The van der Waals surface area contributed by atoms with Crippen molar-refractivity contribution in [3.05, 3.63) is 60.0 Å². The highest BCUT2D eigenvalue weighted by molar-refractivity contribution is 5.96. The second kappa shape index (κ2) is 8.99. The quantitative estimate of drug-likeness (QED) is 0.661. The van der Waals surface area contributed by atoms with Crippen LogP contribution in [0, 0.1) is 12.8 Å². The molecule has 2 amide bonds. The fourth-order valence-electron chi connectivity index (χ4n) is 3.80. The predicted octanol–water partition coefficient (Wildman–Crippen LogP) is 3.28. The molecule has 3 aromatic rings. The van der Waals surface area contributed by atoms with Crippen LogP contribution in [-0.2, 0) is 4.79 Å². The maximum Gasteiger partial charge on any atom is 0.271 e. The molecule has 2 aromatic heterocycles. The van der Waals surface area contributed by atoms with Crippen LogP contribution in [0.25, 0.3) is 11.3 Å². The van der Waals surface area contributed by atoms with Crippen LogP contribution >= 0.6 is 0 Å². The van der Waals surface area contributed by atoms with Gasteiger partial charge in [-0.25, -0.2) is 0 Å². The molecule has 0 bridgehead atoms. The number of aryl methyl sites for hydroxylation is 1. The maximum atomic E-state index is 13.0. The van der Waals surface area contributed by atoms with Crippen LogP contribution in [0.15, 0.2) is 48.8 Å². The number of carbonyl (C=O) groups is 2. The lowest BCUT2D eigenvalue weighted by molar-refractivity contribution is -0.121. The third-order valence-electron chi connectivity index (χ3n) is 5.48. The third-order valence-corrected chi connectivity index (χ3v) is 5.48. The topological polar surface area (TPSA) is 100 Å². The van der Waals surface area contributed by atoms with Crippen molar-refractivity contribution in [2.75, 3.05) is 25.5 Å². The first-order valence-corrected chi connectivity index (χ1v) is 10.3. The Kier molecular flexibility index (Phi) is 5.97. The van der Waals surface area contributed by atoms with Crippen molar-refractivity contribution >= 4 is 17.5 Å². The van der Waals surface area contributed by atoms with Crippen LogP contribution in [-0.4, -0.2) is 52.1 Å². The van der Waals surface area contributed by atoms with E-state index in [9.17, 15) is 9.59 Å². The number of ether oxygens (including phenoxy) is 1. The highest BCUT2D eigenvalue weighted by Crippen LogP contribution is 2.27. The van der Waals surface area contributed by atoms with Crippen molar-refractivity contribution < 1.29 is 14.3 Å². The molecule has 0 spiro atoms. The highest BCUT2D eigenvalue weighted by atomic mass is 16.5. The Labute approximate surface area is 180 Å². The fraction of sp³-hybridized carbons (Fsp3) is 0.304. The molecule has 8 nitrogen and oxygen atoms in total. The average Bonchev–Trinajstić information content (AvgIpc) is 3.30. The number of amides is 2. The standard InChI is InChI=1S/C23H25N5O3/c1-15-5-6-21(31-2)19(12-15)25-22(29)17-4-3-11-28(14-17)23(30)20-13-18(26-27-20)16-7-9-24-10-8-16/h5-10,12-13,17H,3-4,11,14H2,1-2H3,(H,25,29)(H,26,27)/t17-/m1/s1. The number of methoxy groups -OCH3 is 1. The molecular weight excluding hydrogens is 394 g/mol. The zero-order valence-electron chi connectivity index (χ0n) is 17.6. The third kappa shape index (κ3) is 4.58. The van der Waals surface area contributed by atoms with Gasteiger partial charge in [-0.2, -0.15) is 5.10 Å². The number of carbonyl (C=O) groups excluding carboxylic acids is 2. The fourth-order valence-corrected chi connectivity index (χ4v) is 3.80. The summed E-state index contributed by atoms with van der Waals surface area (Å²) in [6, 6.07) is 11.1. The highest BCUT2D eigenvalue weighted by Gasteiger charge is 2.30. The first kappa shape index (κ1) is 20.6. The van der Waals surface area contributed by atoms with Gasteiger partial charge >= 0.3 is 0 Å². The molecule has 8 heteroatoms. The lowest BCUT2D eigenvalue weighted by Crippen LogP contribution is -2.43. The molecule has 1 aromatic carbocycles. The van der Waals surface area contributed by atoms with E-state index in [0.717, 1.165) is 24.0 Å². The monoisotopic (exact) mass is 419 g/mol. The van der Waals surface area contributed by atoms with E-state index in [1.165, 1.54) is 0 Å². The van der Waals surface area contributed by atoms with Crippen molar-refractivity contribution in [1.82, 2.24) is 20.1 Å². The molecule has 3 heterocycles. The smallest absolute Gasteiger partial charge is 0.271 e. The van der Waals surface area contributed by atoms with Crippen molar-refractivity contribution in [1.29, 1.82) is 0 Å². The Morgan fingerprint density at radius 3 is 2.77 bits per heavy atom. The van der Waals surface area contributed by atoms with Crippen LogP contribution in [0.4, 0.5) is 5.69 Å². The largest absolute Gasteiger partial charge is 0.495 e. The molecule has 2 N–H and O–H groups in total. The van der Waals surface area contributed by atoms with Gasteiger partial charge in [0, 0.05) is 31.0 Å². The van der Waals surface area contributed by atoms with E-state index in [1.54, 1.807) is 30.5 Å². The van der Waals surface area contributed by atoms with Gasteiger partial charge in [0.2, 0.25) is 5.91 Å². The van der Waals surface area contributed by atoms with E-state index in [4.69, 9.17) is 4.74 Å². The lowest BCUT2D eigenvalue weighted by Gasteiger charge is -2.31. The van der Waals surface area contributed by atoms with Crippen LogP contribution in [0.2, 0.25) is 0 Å². The summed E-state index contributed by atoms with van der Waals surface area (Å²) < 4.78 is 5.35. The van der Waals surface area contributed by atoms with Crippen molar-refractivity contribution in [2.45, 2.75) is 19.8 Å². The Bertz CT molecular complexity index is 1080. The number of aromatic nitrogens is 3. The summed E-state index contributed by atoms with van der Waals surface area (Å²) in [5, 5.41) is 10.0. The van der Waals surface area contributed by atoms with E-state index in [2.05, 4.69) is 20.5 Å². The Morgan fingerprint density at radius 2 is 2.00 bits per heavy atom. The van der Waals surface area contributed by atoms with E-state index in [1.807, 2.05) is 37.3 Å². The minimum Gasteiger partial charge on any atom is -0.495 e. The number of nitrogens with one attached hydrogen (secondary N) is 2. The molecule has 1 aliphatic rings. The minimum absolute atomic E-state index is 0.108. The normalized spacial score (nSPS) is 16.1. The van der Waals surface area contributed by atoms with Crippen molar-refractivity contribution in [3.8, 4) is 17.0 Å². The molecule has 0 unspecified atom stereocenters. The van der Waals surface area contributed by atoms with E-state index >= 15 is 0 Å². The van der Waals surface area contributed by atoms with Gasteiger partial charge in [-0.1, -0.05) is 6.07 Å². The first-order chi connectivity index (χ1) is 15.0. The first-order valence-electron chi connectivity index (χ1n) is 10.3. The van der Waals surface area contributed by atoms with E-state index in [0.29, 0.717) is 35.9 Å². The Hall–Kier alpha value is -3.68. The molecule has 0 aliphatic carbocycles. The number of pyridine rings is 1. The number of piperidine rings is 1. The van der Waals surface area contributed by atoms with Crippen LogP contribution in [0.5, 0.6) is 5.75 Å². The molecule has 31 heavy (non-hydrogen) atoms. The summed E-state index contributed by atoms with van der Waals surface area (Å²) in [5.74, 6) is 0.0660. The molecule has 0 saturated carbocycles. The SMILES string of the molecule is COc1ccc(C)cc1NC(=O)[C@@H]1CCCN(C(=O)c2cc(-c3ccncc3)n[nH]2)C1. The van der Waals surface area contributed by atoms with Gasteiger partial charge in [0.15, 0.2) is 0 Å². The van der Waals surface area contributed by atoms with Gasteiger partial charge in [0.1, 0.15) is 11.4 Å². The van der Waals surface area contributed by atoms with Crippen molar-refractivity contribution in [2.24, 2.45) is 5.92 Å². The minimum atomic E-state index is -0.287. The zero-order valence-corrected chi connectivity index (χ0v) is 17.6. The lowest BCUT2D eigenvalue weighted by atomic mass is 9.96. The summed E-state index contributed by atoms with van der Waals surface area (Å²) in [4.78, 5) is 31.6. The molecule has 1 saturated heterocycles. The number of benzene rings is 1. The maximum absolute atomic E-state index is 13.0. The molecule has 160 valence electrons.